The number of nitrogens with one attached hydrogen (secondary N) is 2. The van der Waals surface area contributed by atoms with Gasteiger partial charge in [-0.05, 0) is 24.3 Å². The molecule has 2 aromatic rings. The Balaban J connectivity index is 2.11. The number of carbonyl (C=O) groups excluding carboxylic acids is 1. The third-order valence-corrected chi connectivity index (χ3v) is 2.68. The van der Waals surface area contributed by atoms with Crippen LogP contribution < -0.4 is 16.4 Å². The van der Waals surface area contributed by atoms with Crippen molar-refractivity contribution in [2.75, 3.05) is 18.4 Å². The third kappa shape index (κ3) is 3.01. The summed E-state index contributed by atoms with van der Waals surface area (Å²) in [7, 11) is 0. The summed E-state index contributed by atoms with van der Waals surface area (Å²) in [5, 5.41) is 7.36. The van der Waals surface area contributed by atoms with Gasteiger partial charge in [0, 0.05) is 35.4 Å². The first-order valence-corrected chi connectivity index (χ1v) is 5.86. The monoisotopic (exact) mass is 264 g/mol. The van der Waals surface area contributed by atoms with Crippen molar-refractivity contribution in [1.82, 2.24) is 10.3 Å². The molecule has 2 rings (SSSR count). The molecular weight excluding hydrogens is 252 g/mol. The molecule has 0 aliphatic carbocycles. The quantitative estimate of drug-likeness (QED) is 0.739. The van der Waals surface area contributed by atoms with E-state index in [0.29, 0.717) is 18.1 Å². The second-order valence-electron chi connectivity index (χ2n) is 3.74. The van der Waals surface area contributed by atoms with Crippen LogP contribution in [0.4, 0.5) is 10.5 Å². The summed E-state index contributed by atoms with van der Waals surface area (Å²) in [5.41, 5.74) is 6.75. The number of anilines is 1. The lowest BCUT2D eigenvalue weighted by atomic mass is 10.2. The Labute approximate surface area is 109 Å². The summed E-state index contributed by atoms with van der Waals surface area (Å²) < 4.78 is 0. The summed E-state index contributed by atoms with van der Waals surface area (Å²) in [5.74, 6) is 0. The largest absolute Gasteiger partial charge is 0.383 e. The zero-order chi connectivity index (χ0) is 13.0. The zero-order valence-electron chi connectivity index (χ0n) is 9.61. The van der Waals surface area contributed by atoms with Crippen LogP contribution in [0.1, 0.15) is 0 Å². The molecule has 0 atom stereocenters. The van der Waals surface area contributed by atoms with Gasteiger partial charge in [-0.25, -0.2) is 4.79 Å². The van der Waals surface area contributed by atoms with Gasteiger partial charge in [0.25, 0.3) is 0 Å². The summed E-state index contributed by atoms with van der Waals surface area (Å²) in [6.45, 7) is 1.05. The van der Waals surface area contributed by atoms with Gasteiger partial charge in [0.1, 0.15) is 0 Å². The molecule has 0 radical (unpaired) electrons. The number of hydrogen-bond donors (Lipinski definition) is 3. The summed E-state index contributed by atoms with van der Waals surface area (Å²) >= 11 is 5.91. The number of urea groups is 1. The molecule has 18 heavy (non-hydrogen) atoms. The summed E-state index contributed by atoms with van der Waals surface area (Å²) in [6.07, 6.45) is 1.71. The van der Waals surface area contributed by atoms with Crippen LogP contribution in [0.3, 0.4) is 0 Å². The molecule has 1 aromatic carbocycles. The standard InChI is InChI=1S/C12H13ClN4O/c13-8-1-2-9-10(3-4-15-11(9)7-8)16-5-6-17-12(14)18/h1-4,7H,5-6H2,(H,15,16)(H3,14,17,18). The molecule has 94 valence electrons. The van der Waals surface area contributed by atoms with Crippen molar-refractivity contribution in [3.8, 4) is 0 Å². The van der Waals surface area contributed by atoms with Gasteiger partial charge in [-0.2, -0.15) is 0 Å². The van der Waals surface area contributed by atoms with Crippen molar-refractivity contribution in [2.24, 2.45) is 5.73 Å². The van der Waals surface area contributed by atoms with Crippen molar-refractivity contribution < 1.29 is 4.79 Å². The molecule has 0 aliphatic rings. The van der Waals surface area contributed by atoms with E-state index in [1.165, 1.54) is 0 Å². The number of carbonyl (C=O) groups is 1. The topological polar surface area (TPSA) is 80.0 Å². The minimum absolute atomic E-state index is 0.465. The van der Waals surface area contributed by atoms with Crippen LogP contribution in [0.5, 0.6) is 0 Å². The first kappa shape index (κ1) is 12.4. The molecule has 5 nitrogen and oxygen atoms in total. The molecule has 0 saturated heterocycles. The number of hydrogen-bond acceptors (Lipinski definition) is 3. The first-order chi connectivity index (χ1) is 8.66. The highest BCUT2D eigenvalue weighted by atomic mass is 35.5. The maximum atomic E-state index is 10.5. The van der Waals surface area contributed by atoms with Crippen LogP contribution in [0.15, 0.2) is 30.5 Å². The Morgan fingerprint density at radius 1 is 1.33 bits per heavy atom. The molecule has 0 spiro atoms. The van der Waals surface area contributed by atoms with E-state index in [9.17, 15) is 4.79 Å². The predicted molar refractivity (Wildman–Crippen MR) is 72.8 cm³/mol. The lowest BCUT2D eigenvalue weighted by molar-refractivity contribution is 0.249. The van der Waals surface area contributed by atoms with E-state index in [1.807, 2.05) is 24.3 Å². The molecule has 2 amide bonds. The predicted octanol–water partition coefficient (Wildman–Crippen LogP) is 1.97. The van der Waals surface area contributed by atoms with Crippen LogP contribution in [-0.4, -0.2) is 24.1 Å². The smallest absolute Gasteiger partial charge is 0.312 e. The van der Waals surface area contributed by atoms with Crippen LogP contribution >= 0.6 is 11.6 Å². The number of nitrogens with two attached hydrogens (primary N) is 1. The van der Waals surface area contributed by atoms with Crippen LogP contribution in [0, 0.1) is 0 Å². The molecule has 0 bridgehead atoms. The van der Waals surface area contributed by atoms with Gasteiger partial charge in [0.2, 0.25) is 0 Å². The molecule has 0 saturated carbocycles. The fraction of sp³-hybridized carbons (Fsp3) is 0.167. The van der Waals surface area contributed by atoms with Crippen molar-refractivity contribution >= 4 is 34.2 Å². The zero-order valence-corrected chi connectivity index (χ0v) is 10.4. The maximum absolute atomic E-state index is 10.5. The number of halogens is 1. The Kier molecular flexibility index (Phi) is 3.84. The SMILES string of the molecule is NC(=O)NCCNc1ccnc2cc(Cl)ccc12. The van der Waals surface area contributed by atoms with Crippen molar-refractivity contribution in [3.05, 3.63) is 35.5 Å². The van der Waals surface area contributed by atoms with Gasteiger partial charge in [0.15, 0.2) is 0 Å². The second kappa shape index (κ2) is 5.55. The van der Waals surface area contributed by atoms with Crippen molar-refractivity contribution in [1.29, 1.82) is 0 Å². The van der Waals surface area contributed by atoms with E-state index in [0.717, 1.165) is 16.6 Å². The molecule has 1 heterocycles. The number of pyridine rings is 1. The molecule has 6 heteroatoms. The fourth-order valence-electron chi connectivity index (χ4n) is 1.66. The molecule has 1 aromatic heterocycles. The van der Waals surface area contributed by atoms with E-state index < -0.39 is 6.03 Å². The Bertz CT molecular complexity index is 573. The minimum Gasteiger partial charge on any atom is -0.383 e. The Morgan fingerprint density at radius 3 is 2.94 bits per heavy atom. The number of amides is 2. The van der Waals surface area contributed by atoms with Crippen LogP contribution in [-0.2, 0) is 0 Å². The highest BCUT2D eigenvalue weighted by Crippen LogP contribution is 2.23. The van der Waals surface area contributed by atoms with Gasteiger partial charge < -0.3 is 16.4 Å². The lowest BCUT2D eigenvalue weighted by Gasteiger charge is -2.09. The number of rotatable bonds is 4. The molecule has 0 aliphatic heterocycles. The van der Waals surface area contributed by atoms with Crippen LogP contribution in [0.25, 0.3) is 10.9 Å². The van der Waals surface area contributed by atoms with E-state index >= 15 is 0 Å². The molecular formula is C12H13ClN4O. The summed E-state index contributed by atoms with van der Waals surface area (Å²) in [4.78, 5) is 14.8. The van der Waals surface area contributed by atoms with Crippen molar-refractivity contribution in [3.63, 3.8) is 0 Å². The summed E-state index contributed by atoms with van der Waals surface area (Å²) in [6, 6.07) is 6.89. The molecule has 0 fully saturated rings. The first-order valence-electron chi connectivity index (χ1n) is 5.48. The van der Waals surface area contributed by atoms with Gasteiger partial charge >= 0.3 is 6.03 Å². The molecule has 0 unspecified atom stereocenters. The van der Waals surface area contributed by atoms with Gasteiger partial charge in [-0.1, -0.05) is 11.6 Å². The second-order valence-corrected chi connectivity index (χ2v) is 4.17. The van der Waals surface area contributed by atoms with Gasteiger partial charge in [0.05, 0.1) is 5.52 Å². The number of benzene rings is 1. The Hall–Kier alpha value is -2.01. The van der Waals surface area contributed by atoms with Gasteiger partial charge in [-0.3, -0.25) is 4.98 Å². The minimum atomic E-state index is -0.525. The normalized spacial score (nSPS) is 10.3. The third-order valence-electron chi connectivity index (χ3n) is 2.44. The maximum Gasteiger partial charge on any atom is 0.312 e. The lowest BCUT2D eigenvalue weighted by Crippen LogP contribution is -2.33. The number of nitrogens with zero attached hydrogens (tertiary/aromatic N) is 1. The average molecular weight is 265 g/mol. The number of fused-ring (bicyclic) bond motifs is 1. The van der Waals surface area contributed by atoms with E-state index in [2.05, 4.69) is 15.6 Å². The highest BCUT2D eigenvalue weighted by Gasteiger charge is 2.02. The number of aromatic nitrogens is 1. The van der Waals surface area contributed by atoms with E-state index in [-0.39, 0.29) is 0 Å². The van der Waals surface area contributed by atoms with Crippen LogP contribution in [0.2, 0.25) is 5.02 Å². The van der Waals surface area contributed by atoms with E-state index in [1.54, 1.807) is 6.20 Å². The highest BCUT2D eigenvalue weighted by molar-refractivity contribution is 6.31. The van der Waals surface area contributed by atoms with Gasteiger partial charge in [-0.15, -0.1) is 0 Å². The van der Waals surface area contributed by atoms with E-state index in [4.69, 9.17) is 17.3 Å². The fourth-order valence-corrected chi connectivity index (χ4v) is 1.82. The number of primary amides is 1. The Morgan fingerprint density at radius 2 is 2.17 bits per heavy atom. The molecule has 4 N–H and O–H groups in total. The average Bonchev–Trinajstić information content (AvgIpc) is 2.34. The van der Waals surface area contributed by atoms with Crippen molar-refractivity contribution in [2.45, 2.75) is 0 Å².